The predicted molar refractivity (Wildman–Crippen MR) is 82.2 cm³/mol. The number of hydrazine groups is 1. The highest BCUT2D eigenvalue weighted by Gasteiger charge is 2.16. The summed E-state index contributed by atoms with van der Waals surface area (Å²) in [5.74, 6) is 0.445. The van der Waals surface area contributed by atoms with Crippen molar-refractivity contribution in [3.8, 4) is 0 Å². The number of amides is 1. The molecule has 1 heterocycles. The monoisotopic (exact) mass is 266 g/mol. The second-order valence-electron chi connectivity index (χ2n) is 5.42. The second-order valence-corrected chi connectivity index (χ2v) is 5.42. The number of benzene rings is 2. The quantitative estimate of drug-likeness (QED) is 0.820. The van der Waals surface area contributed by atoms with Gasteiger partial charge in [-0.3, -0.25) is 10.2 Å². The molecule has 0 bridgehead atoms. The molecule has 0 aromatic heterocycles. The Morgan fingerprint density at radius 2 is 1.85 bits per heavy atom. The van der Waals surface area contributed by atoms with Crippen molar-refractivity contribution in [2.75, 3.05) is 6.54 Å². The third kappa shape index (κ3) is 2.21. The zero-order valence-electron chi connectivity index (χ0n) is 11.7. The van der Waals surface area contributed by atoms with Gasteiger partial charge in [0, 0.05) is 12.1 Å². The summed E-state index contributed by atoms with van der Waals surface area (Å²) in [6.07, 6.45) is 1.97. The van der Waals surface area contributed by atoms with Crippen LogP contribution in [0.2, 0.25) is 0 Å². The maximum Gasteiger partial charge on any atom is 0.262 e. The van der Waals surface area contributed by atoms with E-state index < -0.39 is 0 Å². The lowest BCUT2D eigenvalue weighted by molar-refractivity contribution is -0.116. The average molecular weight is 266 g/mol. The summed E-state index contributed by atoms with van der Waals surface area (Å²) in [7, 11) is 0. The molecule has 0 radical (unpaired) electrons. The first-order valence-electron chi connectivity index (χ1n) is 6.92. The fourth-order valence-electron chi connectivity index (χ4n) is 2.66. The smallest absolute Gasteiger partial charge is 0.262 e. The number of nitrogens with one attached hydrogen (secondary N) is 2. The number of hydrogen-bond donors (Lipinski definition) is 2. The third-order valence-corrected chi connectivity index (χ3v) is 3.72. The zero-order chi connectivity index (χ0) is 14.1. The van der Waals surface area contributed by atoms with Crippen molar-refractivity contribution in [2.24, 2.45) is 0 Å². The number of carbonyl (C=O) groups is 1. The van der Waals surface area contributed by atoms with Gasteiger partial charge in [0.2, 0.25) is 0 Å². The molecule has 1 amide bonds. The maximum absolute atomic E-state index is 11.6. The van der Waals surface area contributed by atoms with E-state index in [9.17, 15) is 4.79 Å². The summed E-state index contributed by atoms with van der Waals surface area (Å²) in [6.45, 7) is 4.97. The van der Waals surface area contributed by atoms with Gasteiger partial charge < -0.3 is 0 Å². The van der Waals surface area contributed by atoms with Crippen molar-refractivity contribution in [1.29, 1.82) is 0 Å². The summed E-state index contributed by atoms with van der Waals surface area (Å²) >= 11 is 0. The van der Waals surface area contributed by atoms with Crippen LogP contribution in [0.3, 0.4) is 0 Å². The van der Waals surface area contributed by atoms with Crippen LogP contribution < -0.4 is 10.9 Å². The minimum absolute atomic E-state index is 0.0398. The van der Waals surface area contributed by atoms with Crippen molar-refractivity contribution in [3.05, 3.63) is 53.1 Å². The Morgan fingerprint density at radius 1 is 1.10 bits per heavy atom. The molecule has 0 unspecified atom stereocenters. The molecule has 0 atom stereocenters. The van der Waals surface area contributed by atoms with Crippen LogP contribution in [0.15, 0.2) is 42.0 Å². The molecule has 0 aliphatic carbocycles. The molecule has 2 aromatic rings. The van der Waals surface area contributed by atoms with Gasteiger partial charge in [-0.25, -0.2) is 5.43 Å². The lowest BCUT2D eigenvalue weighted by atomic mass is 9.92. The van der Waals surface area contributed by atoms with E-state index in [0.29, 0.717) is 12.5 Å². The van der Waals surface area contributed by atoms with Gasteiger partial charge in [-0.15, -0.1) is 0 Å². The SMILES string of the molecule is CC(C)c1ccc(/C=C2\CNNC2=O)c2ccccc12. The molecule has 3 rings (SSSR count). The number of fused-ring (bicyclic) bond motifs is 1. The van der Waals surface area contributed by atoms with Crippen molar-refractivity contribution in [3.63, 3.8) is 0 Å². The van der Waals surface area contributed by atoms with Crippen LogP contribution in [-0.4, -0.2) is 12.5 Å². The Kier molecular flexibility index (Phi) is 3.28. The maximum atomic E-state index is 11.6. The lowest BCUT2D eigenvalue weighted by Crippen LogP contribution is -2.25. The van der Waals surface area contributed by atoms with Gasteiger partial charge in [0.05, 0.1) is 0 Å². The van der Waals surface area contributed by atoms with Gasteiger partial charge in [-0.1, -0.05) is 50.2 Å². The van der Waals surface area contributed by atoms with Crippen molar-refractivity contribution >= 4 is 22.8 Å². The first-order chi connectivity index (χ1) is 9.66. The van der Waals surface area contributed by atoms with Gasteiger partial charge >= 0.3 is 0 Å². The normalized spacial score (nSPS) is 17.1. The van der Waals surface area contributed by atoms with E-state index in [2.05, 4.69) is 55.0 Å². The third-order valence-electron chi connectivity index (χ3n) is 3.72. The fourth-order valence-corrected chi connectivity index (χ4v) is 2.66. The van der Waals surface area contributed by atoms with Gasteiger partial charge in [-0.05, 0) is 33.9 Å². The Hall–Kier alpha value is -2.13. The number of hydrogen-bond acceptors (Lipinski definition) is 2. The highest BCUT2D eigenvalue weighted by molar-refractivity contribution is 6.03. The minimum atomic E-state index is -0.0398. The molecule has 1 aliphatic rings. The van der Waals surface area contributed by atoms with E-state index in [4.69, 9.17) is 0 Å². The molecule has 1 fully saturated rings. The van der Waals surface area contributed by atoms with E-state index in [1.807, 2.05) is 12.1 Å². The zero-order valence-corrected chi connectivity index (χ0v) is 11.7. The summed E-state index contributed by atoms with van der Waals surface area (Å²) in [4.78, 5) is 11.6. The average Bonchev–Trinajstić information content (AvgIpc) is 2.84. The van der Waals surface area contributed by atoms with Gasteiger partial charge in [0.25, 0.3) is 5.91 Å². The molecule has 3 heteroatoms. The number of carbonyl (C=O) groups excluding carboxylic acids is 1. The highest BCUT2D eigenvalue weighted by atomic mass is 16.2. The van der Waals surface area contributed by atoms with E-state index in [1.165, 1.54) is 16.3 Å². The molecule has 102 valence electrons. The molecule has 2 N–H and O–H groups in total. The first-order valence-corrected chi connectivity index (χ1v) is 6.92. The molecule has 1 saturated heterocycles. The molecule has 0 saturated carbocycles. The van der Waals surface area contributed by atoms with E-state index in [0.717, 1.165) is 11.1 Å². The van der Waals surface area contributed by atoms with E-state index >= 15 is 0 Å². The fraction of sp³-hybridized carbons (Fsp3) is 0.235. The van der Waals surface area contributed by atoms with Gasteiger partial charge in [0.15, 0.2) is 0 Å². The van der Waals surface area contributed by atoms with E-state index in [1.54, 1.807) is 0 Å². The van der Waals surface area contributed by atoms with Crippen LogP contribution in [0.5, 0.6) is 0 Å². The highest BCUT2D eigenvalue weighted by Crippen LogP contribution is 2.29. The van der Waals surface area contributed by atoms with Crippen molar-refractivity contribution in [2.45, 2.75) is 19.8 Å². The minimum Gasteiger partial charge on any atom is -0.287 e. The summed E-state index contributed by atoms with van der Waals surface area (Å²) < 4.78 is 0. The molecule has 2 aromatic carbocycles. The summed E-state index contributed by atoms with van der Waals surface area (Å²) in [6, 6.07) is 12.7. The lowest BCUT2D eigenvalue weighted by Gasteiger charge is -2.12. The topological polar surface area (TPSA) is 41.1 Å². The largest absolute Gasteiger partial charge is 0.287 e. The molecular weight excluding hydrogens is 248 g/mol. The first kappa shape index (κ1) is 12.9. The molecule has 20 heavy (non-hydrogen) atoms. The predicted octanol–water partition coefficient (Wildman–Crippen LogP) is 2.98. The van der Waals surface area contributed by atoms with E-state index in [-0.39, 0.29) is 5.91 Å². The Morgan fingerprint density at radius 3 is 2.50 bits per heavy atom. The molecule has 3 nitrogen and oxygen atoms in total. The Balaban J connectivity index is 2.18. The van der Waals surface area contributed by atoms with Gasteiger partial charge in [0.1, 0.15) is 0 Å². The van der Waals surface area contributed by atoms with Crippen molar-refractivity contribution in [1.82, 2.24) is 10.9 Å². The van der Waals surface area contributed by atoms with Crippen LogP contribution in [0, 0.1) is 0 Å². The Labute approximate surface area is 118 Å². The van der Waals surface area contributed by atoms with Gasteiger partial charge in [-0.2, -0.15) is 0 Å². The van der Waals surface area contributed by atoms with Crippen LogP contribution in [0.1, 0.15) is 30.9 Å². The summed E-state index contributed by atoms with van der Waals surface area (Å²) in [5.41, 5.74) is 8.67. The van der Waals surface area contributed by atoms with Crippen LogP contribution in [0.25, 0.3) is 16.8 Å². The summed E-state index contributed by atoms with van der Waals surface area (Å²) in [5, 5.41) is 2.47. The van der Waals surface area contributed by atoms with Crippen LogP contribution in [0.4, 0.5) is 0 Å². The standard InChI is InChI=1S/C17H18N2O/c1-11(2)14-8-7-12(9-13-10-18-19-17(13)20)15-5-3-4-6-16(14)15/h3-9,11,18H,10H2,1-2H3,(H,19,20)/b13-9+. The molecule has 0 spiro atoms. The van der Waals surface area contributed by atoms with Crippen LogP contribution >= 0.6 is 0 Å². The number of rotatable bonds is 2. The van der Waals surface area contributed by atoms with Crippen LogP contribution in [-0.2, 0) is 4.79 Å². The molecular formula is C17H18N2O. The molecule has 1 aliphatic heterocycles. The van der Waals surface area contributed by atoms with Crippen molar-refractivity contribution < 1.29 is 4.79 Å². The Bertz CT molecular complexity index is 701. The second kappa shape index (κ2) is 5.10.